The minimum atomic E-state index is -3.69. The summed E-state index contributed by atoms with van der Waals surface area (Å²) in [5.74, 6) is -0.350. The van der Waals surface area contributed by atoms with Gasteiger partial charge in [-0.15, -0.1) is 0 Å². The molecule has 1 unspecified atom stereocenters. The molecule has 0 spiro atoms. The molecule has 0 aromatic heterocycles. The van der Waals surface area contributed by atoms with Gasteiger partial charge >= 0.3 is 0 Å². The van der Waals surface area contributed by atoms with Gasteiger partial charge in [-0.25, -0.2) is 12.8 Å². The van der Waals surface area contributed by atoms with Crippen LogP contribution in [0.15, 0.2) is 53.4 Å². The fourth-order valence-corrected chi connectivity index (χ4v) is 5.16. The number of benzene rings is 2. The lowest BCUT2D eigenvalue weighted by molar-refractivity contribution is 0.328. The minimum absolute atomic E-state index is 0.179. The van der Waals surface area contributed by atoms with E-state index in [1.165, 1.54) is 22.5 Å². The number of halogens is 2. The van der Waals surface area contributed by atoms with E-state index in [1.54, 1.807) is 30.3 Å². The Morgan fingerprint density at radius 1 is 1.04 bits per heavy atom. The van der Waals surface area contributed by atoms with E-state index < -0.39 is 10.0 Å². The van der Waals surface area contributed by atoms with Crippen LogP contribution < -0.4 is 0 Å². The molecule has 0 aliphatic carbocycles. The summed E-state index contributed by atoms with van der Waals surface area (Å²) < 4.78 is 41.4. The second kappa shape index (κ2) is 7.21. The molecule has 1 heterocycles. The van der Waals surface area contributed by atoms with Crippen LogP contribution in [0, 0.1) is 5.82 Å². The summed E-state index contributed by atoms with van der Waals surface area (Å²) >= 11 is 5.96. The van der Waals surface area contributed by atoms with Crippen molar-refractivity contribution in [3.8, 4) is 0 Å². The van der Waals surface area contributed by atoms with Gasteiger partial charge in [-0.3, -0.25) is 0 Å². The summed E-state index contributed by atoms with van der Waals surface area (Å²) in [5, 5.41) is 0.383. The van der Waals surface area contributed by atoms with E-state index in [-0.39, 0.29) is 16.8 Å². The molecular weight excluding hydrogens is 349 g/mol. The predicted octanol–water partition coefficient (Wildman–Crippen LogP) is 4.79. The van der Waals surface area contributed by atoms with Gasteiger partial charge in [-0.1, -0.05) is 42.6 Å². The maximum Gasteiger partial charge on any atom is 0.243 e. The topological polar surface area (TPSA) is 37.4 Å². The Morgan fingerprint density at radius 3 is 2.58 bits per heavy atom. The predicted molar refractivity (Wildman–Crippen MR) is 93.0 cm³/mol. The summed E-state index contributed by atoms with van der Waals surface area (Å²) in [4.78, 5) is 0.179. The van der Waals surface area contributed by atoms with Gasteiger partial charge in [-0.05, 0) is 48.7 Å². The number of sulfonamides is 1. The number of rotatable bonds is 3. The van der Waals surface area contributed by atoms with Crippen molar-refractivity contribution >= 4 is 21.6 Å². The molecule has 3 rings (SSSR count). The van der Waals surface area contributed by atoms with Crippen LogP contribution >= 0.6 is 11.6 Å². The Kier molecular flexibility index (Phi) is 5.23. The third-order valence-electron chi connectivity index (χ3n) is 4.34. The van der Waals surface area contributed by atoms with Crippen molar-refractivity contribution in [2.75, 3.05) is 6.54 Å². The monoisotopic (exact) mass is 367 g/mol. The van der Waals surface area contributed by atoms with Crippen LogP contribution in [0.2, 0.25) is 5.02 Å². The summed E-state index contributed by atoms with van der Waals surface area (Å²) in [5.41, 5.74) is 0.697. The number of nitrogens with zero attached hydrogens (tertiary/aromatic N) is 1. The molecule has 128 valence electrons. The quantitative estimate of drug-likeness (QED) is 0.782. The van der Waals surface area contributed by atoms with Crippen molar-refractivity contribution < 1.29 is 12.8 Å². The molecule has 0 radical (unpaired) electrons. The second-order valence-electron chi connectivity index (χ2n) is 5.99. The number of hydrogen-bond donors (Lipinski definition) is 0. The largest absolute Gasteiger partial charge is 0.243 e. The van der Waals surface area contributed by atoms with Gasteiger partial charge < -0.3 is 0 Å². The first kappa shape index (κ1) is 17.4. The summed E-state index contributed by atoms with van der Waals surface area (Å²) in [7, 11) is -3.69. The molecule has 1 fully saturated rings. The van der Waals surface area contributed by atoms with Crippen molar-refractivity contribution in [1.82, 2.24) is 4.31 Å². The van der Waals surface area contributed by atoms with Gasteiger partial charge in [0.2, 0.25) is 10.0 Å². The van der Waals surface area contributed by atoms with Gasteiger partial charge in [0.15, 0.2) is 0 Å². The highest BCUT2D eigenvalue weighted by molar-refractivity contribution is 7.89. The van der Waals surface area contributed by atoms with E-state index in [0.717, 1.165) is 19.3 Å². The third-order valence-corrected chi connectivity index (χ3v) is 6.48. The Morgan fingerprint density at radius 2 is 1.83 bits per heavy atom. The van der Waals surface area contributed by atoms with Gasteiger partial charge in [0.1, 0.15) is 5.82 Å². The number of hydrogen-bond acceptors (Lipinski definition) is 2. The van der Waals surface area contributed by atoms with Gasteiger partial charge in [-0.2, -0.15) is 4.31 Å². The molecule has 6 heteroatoms. The molecule has 0 amide bonds. The van der Waals surface area contributed by atoms with Crippen LogP contribution in [0.4, 0.5) is 4.39 Å². The van der Waals surface area contributed by atoms with Crippen molar-refractivity contribution in [3.05, 3.63) is 64.9 Å². The average Bonchev–Trinajstić information content (AvgIpc) is 2.81. The fraction of sp³-hybridized carbons (Fsp3) is 0.333. The molecule has 0 bridgehead atoms. The van der Waals surface area contributed by atoms with E-state index in [4.69, 9.17) is 11.6 Å². The van der Waals surface area contributed by atoms with Crippen molar-refractivity contribution in [1.29, 1.82) is 0 Å². The van der Waals surface area contributed by atoms with Crippen molar-refractivity contribution in [2.24, 2.45) is 0 Å². The zero-order valence-corrected chi connectivity index (χ0v) is 14.7. The van der Waals surface area contributed by atoms with Crippen LogP contribution in [0.5, 0.6) is 0 Å². The normalized spacial score (nSPS) is 19.8. The van der Waals surface area contributed by atoms with E-state index in [9.17, 15) is 12.8 Å². The molecule has 1 saturated heterocycles. The molecule has 3 nitrogen and oxygen atoms in total. The van der Waals surface area contributed by atoms with Gasteiger partial charge in [0, 0.05) is 11.6 Å². The van der Waals surface area contributed by atoms with Crippen molar-refractivity contribution in [2.45, 2.75) is 36.6 Å². The van der Waals surface area contributed by atoms with Crippen LogP contribution in [0.25, 0.3) is 0 Å². The fourth-order valence-electron chi connectivity index (χ4n) is 3.18. The lowest BCUT2D eigenvalue weighted by atomic mass is 10.0. The molecule has 2 aromatic rings. The molecule has 0 N–H and O–H groups in total. The van der Waals surface area contributed by atoms with Crippen LogP contribution in [-0.4, -0.2) is 19.3 Å². The van der Waals surface area contributed by atoms with E-state index in [0.29, 0.717) is 23.6 Å². The van der Waals surface area contributed by atoms with Crippen LogP contribution in [-0.2, 0) is 10.0 Å². The third kappa shape index (κ3) is 3.63. The first-order chi connectivity index (χ1) is 11.5. The molecular formula is C18H19ClFNO2S. The Balaban J connectivity index is 2.04. The Labute approximate surface area is 147 Å². The Bertz CT molecular complexity index is 825. The zero-order valence-electron chi connectivity index (χ0n) is 13.2. The average molecular weight is 368 g/mol. The van der Waals surface area contributed by atoms with Crippen LogP contribution in [0.3, 0.4) is 0 Å². The van der Waals surface area contributed by atoms with Crippen molar-refractivity contribution in [3.63, 3.8) is 0 Å². The highest BCUT2D eigenvalue weighted by atomic mass is 35.5. The highest BCUT2D eigenvalue weighted by Crippen LogP contribution is 2.35. The second-order valence-corrected chi connectivity index (χ2v) is 8.32. The zero-order chi connectivity index (χ0) is 17.2. The summed E-state index contributed by atoms with van der Waals surface area (Å²) in [6, 6.07) is 12.1. The lowest BCUT2D eigenvalue weighted by Crippen LogP contribution is -2.34. The Hall–Kier alpha value is -1.43. The maximum atomic E-state index is 13.6. The summed E-state index contributed by atoms with van der Waals surface area (Å²) in [6.07, 6.45) is 3.37. The smallest absolute Gasteiger partial charge is 0.207 e. The molecule has 24 heavy (non-hydrogen) atoms. The first-order valence-corrected chi connectivity index (χ1v) is 9.83. The van der Waals surface area contributed by atoms with Gasteiger partial charge in [0.05, 0.1) is 10.9 Å². The molecule has 1 aliphatic rings. The highest BCUT2D eigenvalue weighted by Gasteiger charge is 2.33. The maximum absolute atomic E-state index is 13.6. The first-order valence-electron chi connectivity index (χ1n) is 8.01. The van der Waals surface area contributed by atoms with Gasteiger partial charge in [0.25, 0.3) is 0 Å². The molecule has 2 aromatic carbocycles. The molecule has 1 aliphatic heterocycles. The molecule has 0 saturated carbocycles. The standard InChI is InChI=1S/C18H19ClFNO2S/c19-15-7-5-9-17(13-15)24(22,23)21-11-3-1-2-10-18(21)14-6-4-8-16(20)12-14/h4-9,12-13,18H,1-3,10-11H2. The van der Waals surface area contributed by atoms with E-state index in [1.807, 2.05) is 0 Å². The minimum Gasteiger partial charge on any atom is -0.207 e. The lowest BCUT2D eigenvalue weighted by Gasteiger charge is -2.29. The van der Waals surface area contributed by atoms with E-state index in [2.05, 4.69) is 0 Å². The SMILES string of the molecule is O=S(=O)(c1cccc(Cl)c1)N1CCCCCC1c1cccc(F)c1. The summed E-state index contributed by atoms with van der Waals surface area (Å²) in [6.45, 7) is 0.427. The van der Waals surface area contributed by atoms with E-state index >= 15 is 0 Å². The van der Waals surface area contributed by atoms with Crippen LogP contribution in [0.1, 0.15) is 37.3 Å². The molecule has 1 atom stereocenters.